The molecule has 0 bridgehead atoms. The minimum atomic E-state index is -0.904. The van der Waals surface area contributed by atoms with Crippen molar-refractivity contribution >= 4 is 23.6 Å². The van der Waals surface area contributed by atoms with E-state index in [2.05, 4.69) is 12.2 Å². The normalized spacial score (nSPS) is 20.7. The Kier molecular flexibility index (Phi) is 3.98. The number of aryl methyl sites for hydroxylation is 1. The Hall–Kier alpha value is -2.50. The SMILES string of the molecule is CCCCc1ccc2c(c1)C(=O)N(C1CCC(=O)NC1=O)C2=O. The minimum absolute atomic E-state index is 0.131. The minimum Gasteiger partial charge on any atom is -0.295 e. The summed E-state index contributed by atoms with van der Waals surface area (Å²) in [4.78, 5) is 49.3. The molecule has 6 nitrogen and oxygen atoms in total. The number of hydrogen-bond donors (Lipinski definition) is 1. The third-order valence-corrected chi connectivity index (χ3v) is 4.32. The molecule has 23 heavy (non-hydrogen) atoms. The highest BCUT2D eigenvalue weighted by atomic mass is 16.2. The Morgan fingerprint density at radius 1 is 1.13 bits per heavy atom. The van der Waals surface area contributed by atoms with Gasteiger partial charge in [-0.05, 0) is 37.0 Å². The van der Waals surface area contributed by atoms with E-state index < -0.39 is 23.8 Å². The van der Waals surface area contributed by atoms with E-state index in [0.29, 0.717) is 11.1 Å². The van der Waals surface area contributed by atoms with E-state index in [1.54, 1.807) is 12.1 Å². The molecule has 2 aliphatic rings. The van der Waals surface area contributed by atoms with Crippen LogP contribution >= 0.6 is 0 Å². The molecule has 6 heteroatoms. The molecule has 4 amide bonds. The molecule has 3 rings (SSSR count). The number of piperidine rings is 1. The molecule has 0 saturated carbocycles. The van der Waals surface area contributed by atoms with Gasteiger partial charge in [0.25, 0.3) is 11.8 Å². The van der Waals surface area contributed by atoms with Crippen molar-refractivity contribution in [2.45, 2.75) is 45.1 Å². The molecule has 2 aliphatic heterocycles. The maximum absolute atomic E-state index is 12.6. The summed E-state index contributed by atoms with van der Waals surface area (Å²) in [7, 11) is 0. The number of amides is 4. The molecule has 2 heterocycles. The summed E-state index contributed by atoms with van der Waals surface area (Å²) in [5.74, 6) is -1.86. The van der Waals surface area contributed by atoms with Gasteiger partial charge in [-0.1, -0.05) is 19.4 Å². The molecule has 1 aromatic rings. The van der Waals surface area contributed by atoms with Gasteiger partial charge in [0, 0.05) is 6.42 Å². The number of imide groups is 2. The smallest absolute Gasteiger partial charge is 0.262 e. The van der Waals surface area contributed by atoms with Crippen molar-refractivity contribution in [1.82, 2.24) is 10.2 Å². The number of carbonyl (C=O) groups excluding carboxylic acids is 4. The predicted octanol–water partition coefficient (Wildman–Crippen LogP) is 1.43. The third-order valence-electron chi connectivity index (χ3n) is 4.32. The van der Waals surface area contributed by atoms with E-state index >= 15 is 0 Å². The number of carbonyl (C=O) groups is 4. The molecular weight excluding hydrogens is 296 g/mol. The average molecular weight is 314 g/mol. The molecule has 1 aromatic carbocycles. The standard InChI is InChI=1S/C17H18N2O4/c1-2-3-4-10-5-6-11-12(9-10)17(23)19(16(11)22)13-7-8-14(20)18-15(13)21/h5-6,9,13H,2-4,7-8H2,1H3,(H,18,20,21). The summed E-state index contributed by atoms with van der Waals surface area (Å²) in [6, 6.07) is 4.36. The first-order chi connectivity index (χ1) is 11.0. The van der Waals surface area contributed by atoms with Gasteiger partial charge < -0.3 is 0 Å². The number of rotatable bonds is 4. The number of nitrogens with zero attached hydrogens (tertiary/aromatic N) is 1. The molecule has 1 saturated heterocycles. The summed E-state index contributed by atoms with van der Waals surface area (Å²) in [5.41, 5.74) is 1.70. The first-order valence-corrected chi connectivity index (χ1v) is 7.87. The first kappa shape index (κ1) is 15.4. The zero-order chi connectivity index (χ0) is 16.6. The lowest BCUT2D eigenvalue weighted by Crippen LogP contribution is -2.54. The van der Waals surface area contributed by atoms with Gasteiger partial charge in [0.15, 0.2) is 0 Å². The van der Waals surface area contributed by atoms with Crippen LogP contribution in [-0.2, 0) is 16.0 Å². The quantitative estimate of drug-likeness (QED) is 0.852. The van der Waals surface area contributed by atoms with Crippen molar-refractivity contribution in [3.05, 3.63) is 34.9 Å². The van der Waals surface area contributed by atoms with Crippen LogP contribution in [0.25, 0.3) is 0 Å². The first-order valence-electron chi connectivity index (χ1n) is 7.87. The molecule has 1 N–H and O–H groups in total. The van der Waals surface area contributed by atoms with Gasteiger partial charge >= 0.3 is 0 Å². The van der Waals surface area contributed by atoms with Gasteiger partial charge in [0.1, 0.15) is 6.04 Å². The average Bonchev–Trinajstić information content (AvgIpc) is 2.77. The van der Waals surface area contributed by atoms with Crippen LogP contribution in [-0.4, -0.2) is 34.6 Å². The number of nitrogens with one attached hydrogen (secondary N) is 1. The molecule has 0 spiro atoms. The van der Waals surface area contributed by atoms with Gasteiger partial charge in [-0.15, -0.1) is 0 Å². The van der Waals surface area contributed by atoms with Crippen LogP contribution in [0.1, 0.15) is 58.9 Å². The Labute approximate surface area is 133 Å². The largest absolute Gasteiger partial charge is 0.295 e. The fraction of sp³-hybridized carbons (Fsp3) is 0.412. The molecule has 0 aromatic heterocycles. The van der Waals surface area contributed by atoms with E-state index in [1.807, 2.05) is 6.07 Å². The molecule has 1 atom stereocenters. The van der Waals surface area contributed by atoms with Gasteiger partial charge in [0.2, 0.25) is 11.8 Å². The van der Waals surface area contributed by atoms with E-state index in [9.17, 15) is 19.2 Å². The number of hydrogen-bond acceptors (Lipinski definition) is 4. The van der Waals surface area contributed by atoms with Crippen molar-refractivity contribution in [3.8, 4) is 0 Å². The second-order valence-electron chi connectivity index (χ2n) is 5.93. The highest BCUT2D eigenvalue weighted by Gasteiger charge is 2.44. The summed E-state index contributed by atoms with van der Waals surface area (Å²) in [6.07, 6.45) is 3.22. The van der Waals surface area contributed by atoms with Gasteiger partial charge in [-0.25, -0.2) is 0 Å². The Balaban J connectivity index is 1.88. The van der Waals surface area contributed by atoms with Crippen LogP contribution in [0.5, 0.6) is 0 Å². The maximum Gasteiger partial charge on any atom is 0.262 e. The second-order valence-corrected chi connectivity index (χ2v) is 5.93. The van der Waals surface area contributed by atoms with Gasteiger partial charge in [0.05, 0.1) is 11.1 Å². The lowest BCUT2D eigenvalue weighted by molar-refractivity contribution is -0.136. The van der Waals surface area contributed by atoms with Crippen LogP contribution in [0.3, 0.4) is 0 Å². The zero-order valence-corrected chi connectivity index (χ0v) is 12.9. The van der Waals surface area contributed by atoms with Crippen molar-refractivity contribution < 1.29 is 19.2 Å². The Morgan fingerprint density at radius 2 is 1.87 bits per heavy atom. The lowest BCUT2D eigenvalue weighted by Gasteiger charge is -2.27. The number of fused-ring (bicyclic) bond motifs is 1. The summed E-state index contributed by atoms with van der Waals surface area (Å²) < 4.78 is 0. The molecule has 120 valence electrons. The molecule has 0 aliphatic carbocycles. The van der Waals surface area contributed by atoms with Crippen LogP contribution in [0.15, 0.2) is 18.2 Å². The van der Waals surface area contributed by atoms with Crippen LogP contribution in [0, 0.1) is 0 Å². The number of unbranched alkanes of at least 4 members (excludes halogenated alkanes) is 1. The Morgan fingerprint density at radius 3 is 2.57 bits per heavy atom. The zero-order valence-electron chi connectivity index (χ0n) is 12.9. The molecular formula is C17H18N2O4. The summed E-state index contributed by atoms with van der Waals surface area (Å²) >= 11 is 0. The fourth-order valence-electron chi connectivity index (χ4n) is 3.05. The van der Waals surface area contributed by atoms with Crippen molar-refractivity contribution in [3.63, 3.8) is 0 Å². The number of benzene rings is 1. The van der Waals surface area contributed by atoms with Gasteiger partial charge in [-0.3, -0.25) is 29.4 Å². The van der Waals surface area contributed by atoms with Crippen LogP contribution in [0.2, 0.25) is 0 Å². The molecule has 1 fully saturated rings. The van der Waals surface area contributed by atoms with Gasteiger partial charge in [-0.2, -0.15) is 0 Å². The highest BCUT2D eigenvalue weighted by Crippen LogP contribution is 2.28. The predicted molar refractivity (Wildman–Crippen MR) is 81.7 cm³/mol. The fourth-order valence-corrected chi connectivity index (χ4v) is 3.05. The van der Waals surface area contributed by atoms with E-state index in [0.717, 1.165) is 29.7 Å². The van der Waals surface area contributed by atoms with Crippen molar-refractivity contribution in [2.24, 2.45) is 0 Å². The maximum atomic E-state index is 12.6. The van der Waals surface area contributed by atoms with Crippen LogP contribution < -0.4 is 5.32 Å². The van der Waals surface area contributed by atoms with Crippen molar-refractivity contribution in [1.29, 1.82) is 0 Å². The second kappa shape index (κ2) is 5.95. The topological polar surface area (TPSA) is 83.6 Å². The summed E-state index contributed by atoms with van der Waals surface area (Å²) in [6.45, 7) is 2.09. The monoisotopic (exact) mass is 314 g/mol. The van der Waals surface area contributed by atoms with E-state index in [4.69, 9.17) is 0 Å². The Bertz CT molecular complexity index is 711. The molecule has 1 unspecified atom stereocenters. The highest BCUT2D eigenvalue weighted by molar-refractivity contribution is 6.23. The molecule has 0 radical (unpaired) electrons. The van der Waals surface area contributed by atoms with E-state index in [-0.39, 0.29) is 18.7 Å². The lowest BCUT2D eigenvalue weighted by atomic mass is 10.0. The summed E-state index contributed by atoms with van der Waals surface area (Å²) in [5, 5.41) is 2.19. The van der Waals surface area contributed by atoms with Crippen LogP contribution in [0.4, 0.5) is 0 Å². The third kappa shape index (κ3) is 2.65. The van der Waals surface area contributed by atoms with E-state index in [1.165, 1.54) is 0 Å². The van der Waals surface area contributed by atoms with Crippen molar-refractivity contribution in [2.75, 3.05) is 0 Å².